The maximum atomic E-state index is 5.51. The Bertz CT molecular complexity index is 240. The summed E-state index contributed by atoms with van der Waals surface area (Å²) in [4.78, 5) is 0. The lowest BCUT2D eigenvalue weighted by molar-refractivity contribution is 0.0390. The van der Waals surface area contributed by atoms with E-state index in [0.29, 0.717) is 5.41 Å². The number of ether oxygens (including phenoxy) is 1. The molecule has 0 spiro atoms. The molecule has 0 aromatic heterocycles. The molecule has 1 saturated heterocycles. The van der Waals surface area contributed by atoms with E-state index in [2.05, 4.69) is 22.9 Å². The molecular formula is C17H31BrO. The summed E-state index contributed by atoms with van der Waals surface area (Å²) in [7, 11) is 0. The standard InChI is InChI=1S/C17H31BrO/c1-2-3-4-15-5-9-17(14-18,10-6-15)13-16-7-11-19-12-8-16/h15-16H,2-14H2,1H3. The molecule has 1 heterocycles. The molecule has 2 heteroatoms. The van der Waals surface area contributed by atoms with Crippen LogP contribution in [0.25, 0.3) is 0 Å². The van der Waals surface area contributed by atoms with Crippen LogP contribution in [0.5, 0.6) is 0 Å². The van der Waals surface area contributed by atoms with E-state index in [-0.39, 0.29) is 0 Å². The van der Waals surface area contributed by atoms with Gasteiger partial charge in [-0.25, -0.2) is 0 Å². The molecule has 2 rings (SSSR count). The maximum absolute atomic E-state index is 5.51. The van der Waals surface area contributed by atoms with Crippen molar-refractivity contribution in [3.63, 3.8) is 0 Å². The molecule has 0 unspecified atom stereocenters. The van der Waals surface area contributed by atoms with Crippen molar-refractivity contribution >= 4 is 15.9 Å². The van der Waals surface area contributed by atoms with Gasteiger partial charge in [0.05, 0.1) is 0 Å². The van der Waals surface area contributed by atoms with Crippen molar-refractivity contribution in [3.05, 3.63) is 0 Å². The average Bonchev–Trinajstić information content (AvgIpc) is 2.48. The summed E-state index contributed by atoms with van der Waals surface area (Å²) in [6, 6.07) is 0. The first-order chi connectivity index (χ1) is 9.28. The SMILES string of the molecule is CCCCC1CCC(CBr)(CC2CCOCC2)CC1. The zero-order chi connectivity index (χ0) is 13.6. The Kier molecular flexibility index (Phi) is 6.68. The van der Waals surface area contributed by atoms with Gasteiger partial charge in [0.15, 0.2) is 0 Å². The highest BCUT2D eigenvalue weighted by Gasteiger charge is 2.36. The molecule has 1 aliphatic carbocycles. The molecule has 1 nitrogen and oxygen atoms in total. The first kappa shape index (κ1) is 15.8. The summed E-state index contributed by atoms with van der Waals surface area (Å²) in [5.41, 5.74) is 0.616. The van der Waals surface area contributed by atoms with Crippen LogP contribution in [-0.4, -0.2) is 18.5 Å². The molecule has 2 fully saturated rings. The lowest BCUT2D eigenvalue weighted by Gasteiger charge is -2.42. The minimum atomic E-state index is 0.616. The third-order valence-corrected chi connectivity index (χ3v) is 6.67. The largest absolute Gasteiger partial charge is 0.381 e. The minimum absolute atomic E-state index is 0.616. The summed E-state index contributed by atoms with van der Waals surface area (Å²) in [5.74, 6) is 1.96. The van der Waals surface area contributed by atoms with E-state index in [1.807, 2.05) is 0 Å². The molecule has 0 amide bonds. The third-order valence-electron chi connectivity index (χ3n) is 5.48. The van der Waals surface area contributed by atoms with E-state index in [4.69, 9.17) is 4.74 Å². The predicted octanol–water partition coefficient (Wildman–Crippen LogP) is 5.56. The van der Waals surface area contributed by atoms with Crippen LogP contribution < -0.4 is 0 Å². The molecule has 0 atom stereocenters. The fourth-order valence-electron chi connectivity index (χ4n) is 4.03. The highest BCUT2D eigenvalue weighted by molar-refractivity contribution is 9.09. The maximum Gasteiger partial charge on any atom is 0.0468 e. The molecule has 0 aromatic carbocycles. The topological polar surface area (TPSA) is 9.23 Å². The van der Waals surface area contributed by atoms with Gasteiger partial charge in [-0.05, 0) is 62.2 Å². The Morgan fingerprint density at radius 3 is 2.32 bits per heavy atom. The third kappa shape index (κ3) is 4.74. The van der Waals surface area contributed by atoms with Gasteiger partial charge in [-0.15, -0.1) is 0 Å². The van der Waals surface area contributed by atoms with Gasteiger partial charge < -0.3 is 4.74 Å². The van der Waals surface area contributed by atoms with E-state index < -0.39 is 0 Å². The van der Waals surface area contributed by atoms with Gasteiger partial charge in [-0.3, -0.25) is 0 Å². The smallest absolute Gasteiger partial charge is 0.0468 e. The van der Waals surface area contributed by atoms with E-state index >= 15 is 0 Å². The van der Waals surface area contributed by atoms with Crippen molar-refractivity contribution in [2.24, 2.45) is 17.3 Å². The zero-order valence-corrected chi connectivity index (χ0v) is 14.2. The van der Waals surface area contributed by atoms with Gasteiger partial charge >= 0.3 is 0 Å². The Balaban J connectivity index is 1.79. The van der Waals surface area contributed by atoms with Crippen molar-refractivity contribution < 1.29 is 4.74 Å². The number of hydrogen-bond acceptors (Lipinski definition) is 1. The van der Waals surface area contributed by atoms with Crippen LogP contribution in [0.4, 0.5) is 0 Å². The summed E-state index contributed by atoms with van der Waals surface area (Å²) >= 11 is 3.84. The van der Waals surface area contributed by atoms with Crippen molar-refractivity contribution in [1.29, 1.82) is 0 Å². The van der Waals surface area contributed by atoms with Crippen molar-refractivity contribution in [1.82, 2.24) is 0 Å². The number of halogens is 1. The molecule has 19 heavy (non-hydrogen) atoms. The number of alkyl halides is 1. The number of hydrogen-bond donors (Lipinski definition) is 0. The first-order valence-corrected chi connectivity index (χ1v) is 9.54. The molecule has 0 aromatic rings. The number of rotatable bonds is 6. The molecule has 1 saturated carbocycles. The Hall–Kier alpha value is 0.440. The van der Waals surface area contributed by atoms with E-state index in [9.17, 15) is 0 Å². The second-order valence-electron chi connectivity index (χ2n) is 6.98. The highest BCUT2D eigenvalue weighted by atomic mass is 79.9. The van der Waals surface area contributed by atoms with E-state index in [1.165, 1.54) is 69.5 Å². The summed E-state index contributed by atoms with van der Waals surface area (Å²) in [6.45, 7) is 4.32. The first-order valence-electron chi connectivity index (χ1n) is 8.42. The van der Waals surface area contributed by atoms with Gasteiger partial charge in [0, 0.05) is 18.5 Å². The van der Waals surface area contributed by atoms with Gasteiger partial charge in [0.1, 0.15) is 0 Å². The Labute approximate surface area is 128 Å². The molecule has 0 radical (unpaired) electrons. The van der Waals surface area contributed by atoms with E-state index in [1.54, 1.807) is 0 Å². The number of unbranched alkanes of at least 4 members (excludes halogenated alkanes) is 1. The molecular weight excluding hydrogens is 300 g/mol. The van der Waals surface area contributed by atoms with Crippen molar-refractivity contribution in [2.45, 2.75) is 71.1 Å². The van der Waals surface area contributed by atoms with Crippen LogP contribution in [0.15, 0.2) is 0 Å². The van der Waals surface area contributed by atoms with Crippen molar-refractivity contribution in [3.8, 4) is 0 Å². The quantitative estimate of drug-likeness (QED) is 0.579. The normalized spacial score (nSPS) is 33.5. The van der Waals surface area contributed by atoms with Crippen molar-refractivity contribution in [2.75, 3.05) is 18.5 Å². The highest BCUT2D eigenvalue weighted by Crippen LogP contribution is 2.47. The van der Waals surface area contributed by atoms with Gasteiger partial charge in [0.2, 0.25) is 0 Å². The molecule has 0 N–H and O–H groups in total. The summed E-state index contributed by atoms with van der Waals surface area (Å²) in [6.07, 6.45) is 14.2. The van der Waals surface area contributed by atoms with Crippen LogP contribution in [0.2, 0.25) is 0 Å². The fraction of sp³-hybridized carbons (Fsp3) is 1.00. The lowest BCUT2D eigenvalue weighted by Crippen LogP contribution is -2.33. The minimum Gasteiger partial charge on any atom is -0.381 e. The summed E-state index contributed by atoms with van der Waals surface area (Å²) < 4.78 is 5.51. The predicted molar refractivity (Wildman–Crippen MR) is 85.9 cm³/mol. The van der Waals surface area contributed by atoms with Gasteiger partial charge in [-0.2, -0.15) is 0 Å². The molecule has 1 aliphatic heterocycles. The molecule has 0 bridgehead atoms. The zero-order valence-electron chi connectivity index (χ0n) is 12.6. The Morgan fingerprint density at radius 1 is 1.05 bits per heavy atom. The van der Waals surface area contributed by atoms with Crippen LogP contribution in [0, 0.1) is 17.3 Å². The lowest BCUT2D eigenvalue weighted by atomic mass is 9.66. The van der Waals surface area contributed by atoms with Crippen LogP contribution >= 0.6 is 15.9 Å². The van der Waals surface area contributed by atoms with Gasteiger partial charge in [-0.1, -0.05) is 42.1 Å². The fourth-order valence-corrected chi connectivity index (χ4v) is 4.82. The van der Waals surface area contributed by atoms with Crippen LogP contribution in [-0.2, 0) is 4.74 Å². The van der Waals surface area contributed by atoms with E-state index in [0.717, 1.165) is 25.0 Å². The Morgan fingerprint density at radius 2 is 1.74 bits per heavy atom. The van der Waals surface area contributed by atoms with Gasteiger partial charge in [0.25, 0.3) is 0 Å². The van der Waals surface area contributed by atoms with Crippen LogP contribution in [0.3, 0.4) is 0 Å². The summed E-state index contributed by atoms with van der Waals surface area (Å²) in [5, 5.41) is 1.22. The average molecular weight is 331 g/mol. The monoisotopic (exact) mass is 330 g/mol. The molecule has 2 aliphatic rings. The van der Waals surface area contributed by atoms with Crippen LogP contribution in [0.1, 0.15) is 71.1 Å². The second kappa shape index (κ2) is 8.02. The molecule has 112 valence electrons. The second-order valence-corrected chi connectivity index (χ2v) is 7.54.